The number of carbonyl (C=O) groups is 2. The number of non-ortho nitro benzene ring substituents is 1. The highest BCUT2D eigenvalue weighted by molar-refractivity contribution is 5.94. The van der Waals surface area contributed by atoms with Crippen LogP contribution in [0.3, 0.4) is 0 Å². The molecule has 1 aromatic carbocycles. The van der Waals surface area contributed by atoms with Gasteiger partial charge in [0, 0.05) is 17.8 Å². The van der Waals surface area contributed by atoms with Crippen LogP contribution in [-0.2, 0) is 14.3 Å². The van der Waals surface area contributed by atoms with Crippen LogP contribution in [0.25, 0.3) is 0 Å². The maximum absolute atomic E-state index is 12.8. The summed E-state index contributed by atoms with van der Waals surface area (Å²) in [6.45, 7) is 1.25. The van der Waals surface area contributed by atoms with Gasteiger partial charge in [-0.15, -0.1) is 0 Å². The number of ether oxygens (including phenoxy) is 1. The van der Waals surface area contributed by atoms with Crippen molar-refractivity contribution in [3.63, 3.8) is 0 Å². The standard InChI is InChI=1S/C20H24N2O6/c1-12-4-15(22(26)27)2-3-16(12)21-17(23)10-28-18(24)19-6-13-5-14(7-19)9-20(25,8-13)11-19/h2-4,13-14,25H,5-11H2,1H3,(H,21,23)/t13-,14+,19?,20?. The zero-order valence-electron chi connectivity index (χ0n) is 15.8. The molecule has 0 radical (unpaired) electrons. The van der Waals surface area contributed by atoms with Crippen molar-refractivity contribution in [1.29, 1.82) is 0 Å². The van der Waals surface area contributed by atoms with Crippen LogP contribution in [0.1, 0.15) is 44.1 Å². The second-order valence-corrected chi connectivity index (χ2v) is 8.85. The predicted octanol–water partition coefficient (Wildman–Crippen LogP) is 2.72. The molecule has 1 amide bonds. The summed E-state index contributed by atoms with van der Waals surface area (Å²) < 4.78 is 5.34. The Kier molecular flexibility index (Phi) is 4.41. The smallest absolute Gasteiger partial charge is 0.312 e. The fraction of sp³-hybridized carbons (Fsp3) is 0.600. The molecule has 4 aliphatic rings. The molecule has 4 fully saturated rings. The fourth-order valence-corrected chi connectivity index (χ4v) is 5.83. The van der Waals surface area contributed by atoms with Crippen LogP contribution >= 0.6 is 0 Å². The molecule has 4 bridgehead atoms. The van der Waals surface area contributed by atoms with Crippen molar-refractivity contribution in [2.24, 2.45) is 17.3 Å². The summed E-state index contributed by atoms with van der Waals surface area (Å²) in [4.78, 5) is 35.3. The van der Waals surface area contributed by atoms with Crippen LogP contribution in [0, 0.1) is 34.3 Å². The Balaban J connectivity index is 1.36. The third-order valence-corrected chi connectivity index (χ3v) is 6.49. The van der Waals surface area contributed by atoms with Crippen LogP contribution in [0.2, 0.25) is 0 Å². The van der Waals surface area contributed by atoms with E-state index in [1.165, 1.54) is 18.2 Å². The number of nitrogens with one attached hydrogen (secondary N) is 1. The number of benzene rings is 1. The van der Waals surface area contributed by atoms with E-state index in [2.05, 4.69) is 5.32 Å². The van der Waals surface area contributed by atoms with Gasteiger partial charge in [0.25, 0.3) is 11.6 Å². The first-order valence-electron chi connectivity index (χ1n) is 9.63. The molecule has 2 N–H and O–H groups in total. The highest BCUT2D eigenvalue weighted by Crippen LogP contribution is 2.61. The second-order valence-electron chi connectivity index (χ2n) is 8.85. The highest BCUT2D eigenvalue weighted by atomic mass is 16.6. The van der Waals surface area contributed by atoms with Crippen molar-refractivity contribution < 1.29 is 24.4 Å². The van der Waals surface area contributed by atoms with E-state index in [9.17, 15) is 24.8 Å². The summed E-state index contributed by atoms with van der Waals surface area (Å²) in [5, 5.41) is 24.2. The van der Waals surface area contributed by atoms with Gasteiger partial charge in [0.15, 0.2) is 6.61 Å². The van der Waals surface area contributed by atoms with Crippen LogP contribution in [-0.4, -0.2) is 34.1 Å². The van der Waals surface area contributed by atoms with Gasteiger partial charge < -0.3 is 15.2 Å². The third kappa shape index (κ3) is 3.37. The summed E-state index contributed by atoms with van der Waals surface area (Å²) in [6.07, 6.45) is 4.48. The average Bonchev–Trinajstić information content (AvgIpc) is 2.59. The monoisotopic (exact) mass is 388 g/mol. The van der Waals surface area contributed by atoms with E-state index >= 15 is 0 Å². The molecule has 8 heteroatoms. The lowest BCUT2D eigenvalue weighted by Gasteiger charge is -2.58. The van der Waals surface area contributed by atoms with Gasteiger partial charge in [0.2, 0.25) is 0 Å². The number of amides is 1. The molecule has 0 spiro atoms. The molecule has 0 aromatic heterocycles. The topological polar surface area (TPSA) is 119 Å². The Hall–Kier alpha value is -2.48. The summed E-state index contributed by atoms with van der Waals surface area (Å²) in [5.41, 5.74) is -0.487. The summed E-state index contributed by atoms with van der Waals surface area (Å²) in [6, 6.07) is 4.14. The summed E-state index contributed by atoms with van der Waals surface area (Å²) in [7, 11) is 0. The lowest BCUT2D eigenvalue weighted by molar-refractivity contribution is -0.384. The Morgan fingerprint density at radius 2 is 1.96 bits per heavy atom. The largest absolute Gasteiger partial charge is 0.455 e. The van der Waals surface area contributed by atoms with Gasteiger partial charge in [0.1, 0.15) is 0 Å². The van der Waals surface area contributed by atoms with E-state index in [1.807, 2.05) is 0 Å². The minimum absolute atomic E-state index is 0.0540. The molecule has 1 aromatic rings. The second kappa shape index (κ2) is 6.55. The summed E-state index contributed by atoms with van der Waals surface area (Å²) in [5.74, 6) is -0.171. The minimum atomic E-state index is -0.763. The number of nitrogens with zero attached hydrogens (tertiary/aromatic N) is 1. The van der Waals surface area contributed by atoms with E-state index < -0.39 is 34.4 Å². The number of aliphatic hydroxyl groups is 1. The molecular weight excluding hydrogens is 364 g/mol. The van der Waals surface area contributed by atoms with Crippen LogP contribution < -0.4 is 5.32 Å². The maximum atomic E-state index is 12.8. The van der Waals surface area contributed by atoms with Gasteiger partial charge >= 0.3 is 5.97 Å². The number of carbonyl (C=O) groups excluding carboxylic acids is 2. The number of aryl methyl sites for hydroxylation is 1. The Morgan fingerprint density at radius 3 is 2.54 bits per heavy atom. The van der Waals surface area contributed by atoms with Gasteiger partial charge in [-0.2, -0.15) is 0 Å². The van der Waals surface area contributed by atoms with Crippen molar-refractivity contribution in [3.8, 4) is 0 Å². The molecule has 0 heterocycles. The number of anilines is 1. The lowest BCUT2D eigenvalue weighted by Crippen LogP contribution is -2.58. The molecule has 4 atom stereocenters. The van der Waals surface area contributed by atoms with Crippen molar-refractivity contribution >= 4 is 23.3 Å². The molecule has 2 unspecified atom stereocenters. The van der Waals surface area contributed by atoms with E-state index in [0.29, 0.717) is 29.5 Å². The van der Waals surface area contributed by atoms with Crippen LogP contribution in [0.4, 0.5) is 11.4 Å². The van der Waals surface area contributed by atoms with Gasteiger partial charge in [-0.3, -0.25) is 19.7 Å². The van der Waals surface area contributed by atoms with E-state index in [0.717, 1.165) is 32.1 Å². The number of nitro benzene ring substituents is 1. The Bertz CT molecular complexity index is 837. The Labute approximate surface area is 162 Å². The van der Waals surface area contributed by atoms with E-state index in [-0.39, 0.29) is 5.69 Å². The molecule has 8 nitrogen and oxygen atoms in total. The van der Waals surface area contributed by atoms with E-state index in [1.54, 1.807) is 6.92 Å². The fourth-order valence-electron chi connectivity index (χ4n) is 5.83. The number of rotatable bonds is 5. The molecule has 0 saturated heterocycles. The summed E-state index contributed by atoms with van der Waals surface area (Å²) >= 11 is 0. The minimum Gasteiger partial charge on any atom is -0.455 e. The van der Waals surface area contributed by atoms with Gasteiger partial charge in [0.05, 0.1) is 15.9 Å². The molecule has 0 aliphatic heterocycles. The van der Waals surface area contributed by atoms with Gasteiger partial charge in [-0.25, -0.2) is 0 Å². The zero-order valence-corrected chi connectivity index (χ0v) is 15.8. The quantitative estimate of drug-likeness (QED) is 0.455. The van der Waals surface area contributed by atoms with Crippen molar-refractivity contribution in [2.75, 3.05) is 11.9 Å². The van der Waals surface area contributed by atoms with Crippen LogP contribution in [0.15, 0.2) is 18.2 Å². The van der Waals surface area contributed by atoms with Gasteiger partial charge in [-0.05, 0) is 68.9 Å². The molecule has 4 saturated carbocycles. The normalized spacial score (nSPS) is 32.8. The SMILES string of the molecule is Cc1cc([N+](=O)[O-])ccc1NC(=O)COC(=O)C12C[C@@H]3C[C@@H](CC(O)(C3)C1)C2. The number of hydrogen-bond donors (Lipinski definition) is 2. The average molecular weight is 388 g/mol. The predicted molar refractivity (Wildman–Crippen MR) is 99.5 cm³/mol. The molecule has 4 aliphatic carbocycles. The molecule has 5 rings (SSSR count). The lowest BCUT2D eigenvalue weighted by atomic mass is 9.48. The Morgan fingerprint density at radius 1 is 1.29 bits per heavy atom. The highest BCUT2D eigenvalue weighted by Gasteiger charge is 2.60. The third-order valence-electron chi connectivity index (χ3n) is 6.49. The first-order valence-corrected chi connectivity index (χ1v) is 9.63. The molecule has 28 heavy (non-hydrogen) atoms. The van der Waals surface area contributed by atoms with Crippen molar-refractivity contribution in [3.05, 3.63) is 33.9 Å². The van der Waals surface area contributed by atoms with Crippen molar-refractivity contribution in [1.82, 2.24) is 0 Å². The number of esters is 1. The number of nitro groups is 1. The molecular formula is C20H24N2O6. The van der Waals surface area contributed by atoms with Crippen LogP contribution in [0.5, 0.6) is 0 Å². The molecule has 150 valence electrons. The zero-order chi connectivity index (χ0) is 20.1. The maximum Gasteiger partial charge on any atom is 0.312 e. The van der Waals surface area contributed by atoms with Gasteiger partial charge in [-0.1, -0.05) is 0 Å². The van der Waals surface area contributed by atoms with Crippen molar-refractivity contribution in [2.45, 2.75) is 51.0 Å². The first-order chi connectivity index (χ1) is 13.2. The number of hydrogen-bond acceptors (Lipinski definition) is 6. The van der Waals surface area contributed by atoms with E-state index in [4.69, 9.17) is 4.74 Å². The first kappa shape index (κ1) is 18.9.